The number of likely N-dealkylation sites (tertiary alicyclic amines) is 1. The second kappa shape index (κ2) is 6.23. The van der Waals surface area contributed by atoms with Crippen LogP contribution < -0.4 is 5.32 Å². The molecule has 1 atom stereocenters. The van der Waals surface area contributed by atoms with Gasteiger partial charge in [0.1, 0.15) is 12.3 Å². The monoisotopic (exact) mass is 280 g/mol. The van der Waals surface area contributed by atoms with E-state index in [1.54, 1.807) is 0 Å². The Balaban J connectivity index is 1.78. The number of amides is 2. The number of hydrogen-bond acceptors (Lipinski definition) is 4. The average Bonchev–Trinajstić information content (AvgIpc) is 3.09. The average molecular weight is 280 g/mol. The fraction of sp³-hybridized carbons (Fsp3) is 0.462. The molecular weight excluding hydrogens is 264 g/mol. The summed E-state index contributed by atoms with van der Waals surface area (Å²) in [6.07, 6.45) is 3.99. The minimum absolute atomic E-state index is 0.0906. The van der Waals surface area contributed by atoms with Crippen molar-refractivity contribution in [1.82, 2.24) is 10.2 Å². The Morgan fingerprint density at radius 3 is 2.90 bits per heavy atom. The Kier molecular flexibility index (Phi) is 4.39. The highest BCUT2D eigenvalue weighted by atomic mass is 16.4. The lowest BCUT2D eigenvalue weighted by atomic mass is 10.2. The Labute approximate surface area is 115 Å². The summed E-state index contributed by atoms with van der Waals surface area (Å²) in [5, 5.41) is 11.6. The molecule has 0 saturated carbocycles. The minimum Gasteiger partial charge on any atom is -0.480 e. The number of aliphatic carboxylic acids is 1. The van der Waals surface area contributed by atoms with Crippen LogP contribution in [-0.4, -0.2) is 46.9 Å². The van der Waals surface area contributed by atoms with Crippen molar-refractivity contribution in [2.75, 3.05) is 13.1 Å². The Bertz CT molecular complexity index is 497. The first-order valence-electron chi connectivity index (χ1n) is 6.42. The molecule has 1 saturated heterocycles. The van der Waals surface area contributed by atoms with Gasteiger partial charge in [-0.25, -0.2) is 4.79 Å². The molecule has 0 unspecified atom stereocenters. The third-order valence-corrected chi connectivity index (χ3v) is 3.27. The lowest BCUT2D eigenvalue weighted by molar-refractivity contribution is -0.148. The van der Waals surface area contributed by atoms with E-state index in [2.05, 4.69) is 5.32 Å². The van der Waals surface area contributed by atoms with Crippen LogP contribution in [-0.2, 0) is 9.59 Å². The molecule has 1 aromatic rings. The number of carboxylic acids is 1. The molecule has 0 bridgehead atoms. The van der Waals surface area contributed by atoms with Crippen molar-refractivity contribution >= 4 is 17.8 Å². The van der Waals surface area contributed by atoms with E-state index in [4.69, 9.17) is 9.52 Å². The van der Waals surface area contributed by atoms with E-state index in [0.29, 0.717) is 24.9 Å². The predicted molar refractivity (Wildman–Crippen MR) is 68.0 cm³/mol. The van der Waals surface area contributed by atoms with E-state index < -0.39 is 12.0 Å². The Morgan fingerprint density at radius 1 is 1.45 bits per heavy atom. The van der Waals surface area contributed by atoms with Crippen molar-refractivity contribution in [2.45, 2.75) is 25.3 Å². The number of nitrogens with zero attached hydrogens (tertiary/aromatic N) is 1. The molecule has 108 valence electrons. The number of carboxylic acid groups (broad SMARTS) is 1. The molecule has 1 aromatic heterocycles. The first-order valence-corrected chi connectivity index (χ1v) is 6.42. The molecule has 2 heterocycles. The van der Waals surface area contributed by atoms with Crippen molar-refractivity contribution in [3.8, 4) is 0 Å². The fourth-order valence-electron chi connectivity index (χ4n) is 2.24. The van der Waals surface area contributed by atoms with Crippen molar-refractivity contribution < 1.29 is 23.9 Å². The third kappa shape index (κ3) is 3.17. The molecule has 0 aliphatic carbocycles. The molecule has 2 amide bonds. The summed E-state index contributed by atoms with van der Waals surface area (Å²) in [5.41, 5.74) is 0.391. The van der Waals surface area contributed by atoms with E-state index in [0.717, 1.165) is 0 Å². The van der Waals surface area contributed by atoms with Crippen LogP contribution in [0.25, 0.3) is 0 Å². The largest absolute Gasteiger partial charge is 0.480 e. The fourth-order valence-corrected chi connectivity index (χ4v) is 2.24. The summed E-state index contributed by atoms with van der Waals surface area (Å²) in [4.78, 5) is 35.9. The number of hydrogen-bond donors (Lipinski definition) is 2. The summed E-state index contributed by atoms with van der Waals surface area (Å²) in [6, 6.07) is 0.796. The number of carbonyl (C=O) groups is 3. The van der Waals surface area contributed by atoms with Gasteiger partial charge in [0.25, 0.3) is 5.91 Å². The molecule has 0 spiro atoms. The second-order valence-electron chi connectivity index (χ2n) is 4.60. The standard InChI is InChI=1S/C13H16N2O5/c16-11(15-6-1-2-10(15)13(18)19)3-5-14-12(17)9-4-7-20-8-9/h4,7-8,10H,1-3,5-6H2,(H,14,17)(H,18,19)/t10-/m1/s1. The van der Waals surface area contributed by atoms with Crippen molar-refractivity contribution in [2.24, 2.45) is 0 Å². The Morgan fingerprint density at radius 2 is 2.25 bits per heavy atom. The van der Waals surface area contributed by atoms with E-state index in [-0.39, 0.29) is 24.8 Å². The van der Waals surface area contributed by atoms with Crippen LogP contribution >= 0.6 is 0 Å². The van der Waals surface area contributed by atoms with Gasteiger partial charge >= 0.3 is 5.97 Å². The second-order valence-corrected chi connectivity index (χ2v) is 4.60. The SMILES string of the molecule is O=C(NCCC(=O)N1CCC[C@@H]1C(=O)O)c1ccoc1. The van der Waals surface area contributed by atoms with E-state index in [1.807, 2.05) is 0 Å². The molecular formula is C13H16N2O5. The maximum Gasteiger partial charge on any atom is 0.326 e. The van der Waals surface area contributed by atoms with Crippen LogP contribution in [0.5, 0.6) is 0 Å². The lowest BCUT2D eigenvalue weighted by Gasteiger charge is -2.21. The zero-order chi connectivity index (χ0) is 14.5. The molecule has 0 radical (unpaired) electrons. The summed E-state index contributed by atoms with van der Waals surface area (Å²) in [5.74, 6) is -1.54. The van der Waals surface area contributed by atoms with Crippen molar-refractivity contribution in [1.29, 1.82) is 0 Å². The van der Waals surface area contributed by atoms with Gasteiger partial charge in [0.2, 0.25) is 5.91 Å². The van der Waals surface area contributed by atoms with Crippen LogP contribution in [0.4, 0.5) is 0 Å². The number of nitrogens with one attached hydrogen (secondary N) is 1. The summed E-state index contributed by atoms with van der Waals surface area (Å²) in [7, 11) is 0. The summed E-state index contributed by atoms with van der Waals surface area (Å²) >= 11 is 0. The quantitative estimate of drug-likeness (QED) is 0.817. The van der Waals surface area contributed by atoms with Crippen molar-refractivity contribution in [3.05, 3.63) is 24.2 Å². The topological polar surface area (TPSA) is 99.9 Å². The smallest absolute Gasteiger partial charge is 0.326 e. The van der Waals surface area contributed by atoms with Gasteiger partial charge in [-0.1, -0.05) is 0 Å². The number of furan rings is 1. The van der Waals surface area contributed by atoms with Crippen LogP contribution in [0.2, 0.25) is 0 Å². The van der Waals surface area contributed by atoms with Crippen LogP contribution in [0.3, 0.4) is 0 Å². The van der Waals surface area contributed by atoms with Gasteiger partial charge in [0, 0.05) is 19.5 Å². The van der Waals surface area contributed by atoms with E-state index >= 15 is 0 Å². The molecule has 1 fully saturated rings. The summed E-state index contributed by atoms with van der Waals surface area (Å²) in [6.45, 7) is 0.636. The number of rotatable bonds is 5. The predicted octanol–water partition coefficient (Wildman–Crippen LogP) is 0.475. The lowest BCUT2D eigenvalue weighted by Crippen LogP contribution is -2.41. The first-order chi connectivity index (χ1) is 9.59. The zero-order valence-corrected chi connectivity index (χ0v) is 10.9. The van der Waals surface area contributed by atoms with E-state index in [9.17, 15) is 14.4 Å². The molecule has 1 aliphatic rings. The third-order valence-electron chi connectivity index (χ3n) is 3.27. The van der Waals surface area contributed by atoms with E-state index in [1.165, 1.54) is 23.5 Å². The van der Waals surface area contributed by atoms with Gasteiger partial charge in [0.05, 0.1) is 11.8 Å². The molecule has 0 aromatic carbocycles. The van der Waals surface area contributed by atoms with Crippen LogP contribution in [0, 0.1) is 0 Å². The van der Waals surface area contributed by atoms with Gasteiger partial charge in [-0.05, 0) is 18.9 Å². The molecule has 2 N–H and O–H groups in total. The molecule has 7 heteroatoms. The zero-order valence-electron chi connectivity index (χ0n) is 10.9. The summed E-state index contributed by atoms with van der Waals surface area (Å²) < 4.78 is 4.78. The highest BCUT2D eigenvalue weighted by Crippen LogP contribution is 2.18. The maximum atomic E-state index is 11.9. The van der Waals surface area contributed by atoms with Crippen molar-refractivity contribution in [3.63, 3.8) is 0 Å². The molecule has 7 nitrogen and oxygen atoms in total. The normalized spacial score (nSPS) is 18.0. The number of carbonyl (C=O) groups excluding carboxylic acids is 2. The maximum absolute atomic E-state index is 11.9. The van der Waals surface area contributed by atoms with Gasteiger partial charge < -0.3 is 19.7 Å². The van der Waals surface area contributed by atoms with Crippen LogP contribution in [0.1, 0.15) is 29.6 Å². The van der Waals surface area contributed by atoms with Gasteiger partial charge in [0.15, 0.2) is 0 Å². The molecule has 20 heavy (non-hydrogen) atoms. The highest BCUT2D eigenvalue weighted by Gasteiger charge is 2.33. The Hall–Kier alpha value is -2.31. The van der Waals surface area contributed by atoms with Gasteiger partial charge in [-0.2, -0.15) is 0 Å². The van der Waals surface area contributed by atoms with Gasteiger partial charge in [-0.15, -0.1) is 0 Å². The van der Waals surface area contributed by atoms with Gasteiger partial charge in [-0.3, -0.25) is 9.59 Å². The molecule has 2 rings (SSSR count). The molecule has 1 aliphatic heterocycles. The van der Waals surface area contributed by atoms with Crippen LogP contribution in [0.15, 0.2) is 23.0 Å². The minimum atomic E-state index is -0.974. The highest BCUT2D eigenvalue weighted by molar-refractivity contribution is 5.94. The first kappa shape index (κ1) is 14.1.